The molecule has 4 heteroatoms. The molecule has 0 saturated carbocycles. The minimum atomic E-state index is -0.493. The van der Waals surface area contributed by atoms with Crippen LogP contribution in [0.2, 0.25) is 0 Å². The summed E-state index contributed by atoms with van der Waals surface area (Å²) in [7, 11) is 1.78. The van der Waals surface area contributed by atoms with Crippen molar-refractivity contribution in [2.75, 3.05) is 20.1 Å². The second kappa shape index (κ2) is 2.96. The Balaban J connectivity index is 2.60. The van der Waals surface area contributed by atoms with E-state index in [4.69, 9.17) is 5.73 Å². The molecule has 0 atom stereocenters. The highest BCUT2D eigenvalue weighted by molar-refractivity contribution is 5.86. The molecule has 1 fully saturated rings. The van der Waals surface area contributed by atoms with Gasteiger partial charge in [0.1, 0.15) is 5.54 Å². The number of hydrogen-bond acceptors (Lipinski definition) is 3. The Morgan fingerprint density at radius 3 is 2.15 bits per heavy atom. The predicted molar refractivity (Wildman–Crippen MR) is 52.3 cm³/mol. The molecule has 3 N–H and O–H groups in total. The summed E-state index contributed by atoms with van der Waals surface area (Å²) in [6, 6.07) is 0. The third-order valence-electron chi connectivity index (χ3n) is 2.82. The van der Waals surface area contributed by atoms with Gasteiger partial charge in [-0.1, -0.05) is 0 Å². The van der Waals surface area contributed by atoms with E-state index < -0.39 is 5.54 Å². The van der Waals surface area contributed by atoms with Crippen LogP contribution in [0.25, 0.3) is 0 Å². The first kappa shape index (κ1) is 10.5. The van der Waals surface area contributed by atoms with Gasteiger partial charge in [-0.05, 0) is 27.8 Å². The topological polar surface area (TPSA) is 58.4 Å². The summed E-state index contributed by atoms with van der Waals surface area (Å²) in [5.41, 5.74) is 4.95. The summed E-state index contributed by atoms with van der Waals surface area (Å²) in [5.74, 6) is -0.254. The van der Waals surface area contributed by atoms with Crippen LogP contribution in [0.15, 0.2) is 0 Å². The highest BCUT2D eigenvalue weighted by atomic mass is 16.1. The van der Waals surface area contributed by atoms with Gasteiger partial charge in [0.15, 0.2) is 0 Å². The zero-order chi connectivity index (χ0) is 10.3. The second-order valence-corrected chi connectivity index (χ2v) is 4.72. The molecule has 76 valence electrons. The number of primary amides is 1. The number of carbonyl (C=O) groups excluding carboxylic acids is 1. The predicted octanol–water partition coefficient (Wildman–Crippen LogP) is -0.456. The number of likely N-dealkylation sites (N-methyl/N-ethyl adjacent to an activating group) is 1. The van der Waals surface area contributed by atoms with E-state index >= 15 is 0 Å². The van der Waals surface area contributed by atoms with Crippen molar-refractivity contribution in [1.29, 1.82) is 0 Å². The van der Waals surface area contributed by atoms with E-state index in [1.54, 1.807) is 7.05 Å². The highest BCUT2D eigenvalue weighted by Crippen LogP contribution is 2.27. The van der Waals surface area contributed by atoms with Gasteiger partial charge in [-0.15, -0.1) is 0 Å². The summed E-state index contributed by atoms with van der Waals surface area (Å²) in [6.07, 6.45) is 0. The lowest BCUT2D eigenvalue weighted by Crippen LogP contribution is -2.76. The molecule has 0 aliphatic carbocycles. The van der Waals surface area contributed by atoms with Crippen molar-refractivity contribution in [1.82, 2.24) is 10.2 Å². The minimum Gasteiger partial charge on any atom is -0.368 e. The first-order chi connectivity index (χ1) is 5.82. The minimum absolute atomic E-state index is 0.121. The Bertz CT molecular complexity index is 213. The Labute approximate surface area is 79.5 Å². The first-order valence-corrected chi connectivity index (χ1v) is 4.56. The van der Waals surface area contributed by atoms with Crippen LogP contribution in [-0.2, 0) is 4.79 Å². The molecule has 0 radical (unpaired) electrons. The van der Waals surface area contributed by atoms with Gasteiger partial charge in [0.05, 0.1) is 0 Å². The van der Waals surface area contributed by atoms with Gasteiger partial charge in [-0.2, -0.15) is 0 Å². The van der Waals surface area contributed by atoms with Gasteiger partial charge < -0.3 is 11.1 Å². The standard InChI is InChI=1S/C9H19N3O/c1-8(2,3)12-5-9(6-12,11-4)7(10)13/h11H,5-6H2,1-4H3,(H2,10,13). The smallest absolute Gasteiger partial charge is 0.240 e. The second-order valence-electron chi connectivity index (χ2n) is 4.72. The van der Waals surface area contributed by atoms with E-state index in [-0.39, 0.29) is 11.4 Å². The fraction of sp³-hybridized carbons (Fsp3) is 0.889. The Kier molecular flexibility index (Phi) is 2.38. The number of nitrogens with zero attached hydrogens (tertiary/aromatic N) is 1. The van der Waals surface area contributed by atoms with Gasteiger partial charge in [-0.3, -0.25) is 9.69 Å². The maximum atomic E-state index is 11.1. The van der Waals surface area contributed by atoms with Crippen LogP contribution in [0.5, 0.6) is 0 Å². The molecular weight excluding hydrogens is 166 g/mol. The first-order valence-electron chi connectivity index (χ1n) is 4.56. The van der Waals surface area contributed by atoms with Gasteiger partial charge in [0, 0.05) is 18.6 Å². The summed E-state index contributed by atoms with van der Waals surface area (Å²) in [4.78, 5) is 13.4. The van der Waals surface area contributed by atoms with Crippen LogP contribution < -0.4 is 11.1 Å². The largest absolute Gasteiger partial charge is 0.368 e. The summed E-state index contributed by atoms with van der Waals surface area (Å²) in [6.45, 7) is 7.82. The molecule has 0 bridgehead atoms. The number of carbonyl (C=O) groups is 1. The summed E-state index contributed by atoms with van der Waals surface area (Å²) >= 11 is 0. The van der Waals surface area contributed by atoms with E-state index in [1.165, 1.54) is 0 Å². The molecular formula is C9H19N3O. The van der Waals surface area contributed by atoms with Gasteiger partial charge in [0.2, 0.25) is 5.91 Å². The summed E-state index contributed by atoms with van der Waals surface area (Å²) in [5, 5.41) is 3.00. The molecule has 1 aliphatic heterocycles. The van der Waals surface area contributed by atoms with Crippen molar-refractivity contribution in [3.05, 3.63) is 0 Å². The van der Waals surface area contributed by atoms with E-state index in [0.29, 0.717) is 13.1 Å². The highest BCUT2D eigenvalue weighted by Gasteiger charge is 2.49. The fourth-order valence-electron chi connectivity index (χ4n) is 1.52. The number of nitrogens with two attached hydrogens (primary N) is 1. The van der Waals surface area contributed by atoms with Crippen LogP contribution >= 0.6 is 0 Å². The average molecular weight is 185 g/mol. The van der Waals surface area contributed by atoms with Crippen LogP contribution in [0.1, 0.15) is 20.8 Å². The lowest BCUT2D eigenvalue weighted by atomic mass is 9.84. The van der Waals surface area contributed by atoms with Gasteiger partial charge >= 0.3 is 0 Å². The summed E-state index contributed by atoms with van der Waals surface area (Å²) < 4.78 is 0. The molecule has 4 nitrogen and oxygen atoms in total. The molecule has 0 unspecified atom stereocenters. The molecule has 13 heavy (non-hydrogen) atoms. The third-order valence-corrected chi connectivity index (χ3v) is 2.82. The maximum absolute atomic E-state index is 11.1. The third kappa shape index (κ3) is 1.69. The Morgan fingerprint density at radius 2 is 1.92 bits per heavy atom. The lowest BCUT2D eigenvalue weighted by molar-refractivity contribution is -0.134. The monoisotopic (exact) mass is 185 g/mol. The van der Waals surface area contributed by atoms with Crippen molar-refractivity contribution in [3.8, 4) is 0 Å². The molecule has 0 spiro atoms. The van der Waals surface area contributed by atoms with Crippen LogP contribution in [0.3, 0.4) is 0 Å². The van der Waals surface area contributed by atoms with Crippen molar-refractivity contribution >= 4 is 5.91 Å². The van der Waals surface area contributed by atoms with Crippen LogP contribution in [0.4, 0.5) is 0 Å². The SMILES string of the molecule is CNC1(C(N)=O)CN(C(C)(C)C)C1. The van der Waals surface area contributed by atoms with E-state index in [2.05, 4.69) is 31.0 Å². The lowest BCUT2D eigenvalue weighted by Gasteiger charge is -2.53. The zero-order valence-corrected chi connectivity index (χ0v) is 8.85. The Morgan fingerprint density at radius 1 is 1.46 bits per heavy atom. The van der Waals surface area contributed by atoms with Gasteiger partial charge in [-0.25, -0.2) is 0 Å². The Hall–Kier alpha value is -0.610. The van der Waals surface area contributed by atoms with Crippen molar-refractivity contribution in [3.63, 3.8) is 0 Å². The van der Waals surface area contributed by atoms with Crippen LogP contribution in [-0.4, -0.2) is 42.0 Å². The van der Waals surface area contributed by atoms with E-state index in [1.807, 2.05) is 0 Å². The molecule has 0 aromatic carbocycles. The number of rotatable bonds is 2. The molecule has 1 aliphatic rings. The number of nitrogens with one attached hydrogen (secondary N) is 1. The normalized spacial score (nSPS) is 22.5. The van der Waals surface area contributed by atoms with Crippen LogP contribution in [0, 0.1) is 0 Å². The molecule has 1 heterocycles. The van der Waals surface area contributed by atoms with Crippen molar-refractivity contribution in [2.24, 2.45) is 5.73 Å². The van der Waals surface area contributed by atoms with E-state index in [0.717, 1.165) is 0 Å². The van der Waals surface area contributed by atoms with Crippen molar-refractivity contribution < 1.29 is 4.79 Å². The maximum Gasteiger partial charge on any atom is 0.240 e. The quantitative estimate of drug-likeness (QED) is 0.612. The fourth-order valence-corrected chi connectivity index (χ4v) is 1.52. The van der Waals surface area contributed by atoms with Gasteiger partial charge in [0.25, 0.3) is 0 Å². The average Bonchev–Trinajstić information content (AvgIpc) is 1.81. The molecule has 1 saturated heterocycles. The number of amides is 1. The van der Waals surface area contributed by atoms with Crippen molar-refractivity contribution in [2.45, 2.75) is 31.8 Å². The molecule has 0 aromatic heterocycles. The zero-order valence-electron chi connectivity index (χ0n) is 8.85. The molecule has 0 aromatic rings. The molecule has 1 amide bonds. The van der Waals surface area contributed by atoms with E-state index in [9.17, 15) is 4.79 Å². The number of likely N-dealkylation sites (tertiary alicyclic amines) is 1. The molecule has 1 rings (SSSR count). The number of hydrogen-bond donors (Lipinski definition) is 2.